The van der Waals surface area contributed by atoms with E-state index in [9.17, 15) is 27.6 Å². The monoisotopic (exact) mass is 900 g/mol. The molecule has 2 aromatic carbocycles. The van der Waals surface area contributed by atoms with Crippen LogP contribution in [0.25, 0.3) is 22.2 Å². The molecule has 3 heterocycles. The van der Waals surface area contributed by atoms with Crippen molar-refractivity contribution in [3.63, 3.8) is 0 Å². The number of carbonyl (C=O) groups is 5. The van der Waals surface area contributed by atoms with Gasteiger partial charge in [-0.25, -0.2) is 18.2 Å². The van der Waals surface area contributed by atoms with E-state index in [0.717, 1.165) is 5.56 Å². The predicted octanol–water partition coefficient (Wildman–Crippen LogP) is 5.06. The molecule has 5 amide bonds. The molecule has 2 saturated carbocycles. The van der Waals surface area contributed by atoms with E-state index in [-0.39, 0.29) is 57.9 Å². The van der Waals surface area contributed by atoms with Crippen LogP contribution in [0.5, 0.6) is 11.5 Å². The van der Waals surface area contributed by atoms with Gasteiger partial charge in [-0.15, -0.1) is 6.58 Å². The van der Waals surface area contributed by atoms with Crippen LogP contribution in [0.3, 0.4) is 0 Å². The first-order valence-electron chi connectivity index (χ1n) is 21.9. The summed E-state index contributed by atoms with van der Waals surface area (Å²) in [6, 6.07) is 15.7. The molecule has 2 aliphatic carbocycles. The molecule has 0 radical (unpaired) electrons. The van der Waals surface area contributed by atoms with E-state index in [1.165, 1.54) is 11.0 Å². The number of piperazine rings is 1. The van der Waals surface area contributed by atoms with Crippen molar-refractivity contribution in [1.29, 1.82) is 0 Å². The highest BCUT2D eigenvalue weighted by atomic mass is 32.2. The first-order valence-corrected chi connectivity index (χ1v) is 23.4. The number of likely N-dealkylation sites (tertiary alicyclic amines) is 1. The van der Waals surface area contributed by atoms with E-state index in [2.05, 4.69) is 16.6 Å². The number of rotatable bonds is 13. The van der Waals surface area contributed by atoms with Crippen LogP contribution in [-0.4, -0.2) is 126 Å². The Hall–Kier alpha value is -5.71. The zero-order valence-corrected chi connectivity index (χ0v) is 38.5. The molecular formula is C47H60N6O10S. The fraction of sp³-hybridized carbons (Fsp3) is 0.532. The summed E-state index contributed by atoms with van der Waals surface area (Å²) >= 11 is 0. The number of hydrogen-bond acceptors (Lipinski definition) is 11. The predicted molar refractivity (Wildman–Crippen MR) is 239 cm³/mol. The summed E-state index contributed by atoms with van der Waals surface area (Å²) in [5.74, 6) is -2.59. The molecule has 3 aromatic rings. The lowest BCUT2D eigenvalue weighted by Crippen LogP contribution is -2.57. The fourth-order valence-electron chi connectivity index (χ4n) is 8.46. The van der Waals surface area contributed by atoms with Gasteiger partial charge in [-0.05, 0) is 57.6 Å². The van der Waals surface area contributed by atoms with Crippen molar-refractivity contribution >= 4 is 50.6 Å². The van der Waals surface area contributed by atoms with Crippen molar-refractivity contribution in [2.24, 2.45) is 17.3 Å². The normalized spacial score (nSPS) is 22.9. The quantitative estimate of drug-likeness (QED) is 0.218. The summed E-state index contributed by atoms with van der Waals surface area (Å²) in [6.07, 6.45) is 1.20. The number of fused-ring (bicyclic) bond motifs is 1. The topological polar surface area (TPSA) is 194 Å². The summed E-state index contributed by atoms with van der Waals surface area (Å²) in [5.41, 5.74) is -0.922. The van der Waals surface area contributed by atoms with Gasteiger partial charge in [0, 0.05) is 68.0 Å². The van der Waals surface area contributed by atoms with E-state index in [4.69, 9.17) is 19.2 Å². The summed E-state index contributed by atoms with van der Waals surface area (Å²) in [4.78, 5) is 79.8. The molecule has 0 spiro atoms. The summed E-state index contributed by atoms with van der Waals surface area (Å²) < 4.78 is 45.7. The third kappa shape index (κ3) is 10.1. The zero-order chi connectivity index (χ0) is 46.4. The number of nitrogens with zero attached hydrogens (tertiary/aromatic N) is 4. The van der Waals surface area contributed by atoms with Crippen LogP contribution in [0.2, 0.25) is 0 Å². The Morgan fingerprint density at radius 2 is 1.62 bits per heavy atom. The van der Waals surface area contributed by atoms with Crippen LogP contribution in [0.15, 0.2) is 67.3 Å². The maximum Gasteiger partial charge on any atom is 0.410 e. The summed E-state index contributed by atoms with van der Waals surface area (Å²) in [5, 5.41) is 2.87. The molecule has 64 heavy (non-hydrogen) atoms. The summed E-state index contributed by atoms with van der Waals surface area (Å²) in [6.45, 7) is 15.8. The molecule has 4 fully saturated rings. The summed E-state index contributed by atoms with van der Waals surface area (Å²) in [7, 11) is -2.37. The minimum Gasteiger partial charge on any atom is -0.497 e. The number of methoxy groups -OCH3 is 1. The van der Waals surface area contributed by atoms with E-state index in [1.54, 1.807) is 49.8 Å². The van der Waals surface area contributed by atoms with Gasteiger partial charge in [0.15, 0.2) is 0 Å². The number of carbonyl (C=O) groups excluding carboxylic acids is 5. The van der Waals surface area contributed by atoms with Gasteiger partial charge in [-0.2, -0.15) is 0 Å². The fourth-order valence-corrected chi connectivity index (χ4v) is 9.83. The molecule has 2 aliphatic heterocycles. The van der Waals surface area contributed by atoms with E-state index in [0.29, 0.717) is 40.9 Å². The number of sulfonamides is 1. The molecule has 5 atom stereocenters. The van der Waals surface area contributed by atoms with Gasteiger partial charge in [0.05, 0.1) is 36.0 Å². The maximum absolute atomic E-state index is 15.1. The van der Waals surface area contributed by atoms with Gasteiger partial charge < -0.3 is 34.2 Å². The number of aromatic nitrogens is 1. The number of benzene rings is 2. The minimum atomic E-state index is -3.94. The molecule has 2 N–H and O–H groups in total. The van der Waals surface area contributed by atoms with Crippen molar-refractivity contribution in [1.82, 2.24) is 29.7 Å². The third-order valence-electron chi connectivity index (χ3n) is 12.4. The van der Waals surface area contributed by atoms with E-state index in [1.807, 2.05) is 63.2 Å². The molecule has 16 nitrogen and oxygen atoms in total. The molecule has 17 heteroatoms. The number of ether oxygens (including phenoxy) is 3. The first-order chi connectivity index (χ1) is 30.1. The Morgan fingerprint density at radius 3 is 2.22 bits per heavy atom. The van der Waals surface area contributed by atoms with Crippen molar-refractivity contribution in [3.8, 4) is 22.8 Å². The SMILES string of the molecule is C=CC1C[C@]1(NC(=O)[C@@H]1C[C@@H](Oc2cc(-c3ccccc3)nc3cc(OC)ccc23)CN1C(=O)[C@@H](CC(=O)N1CCN(C(=O)OC(C)(C)C)CC1)C(C)(C)C)C(=O)NS(=O)(=O)C1CC1. The molecule has 0 bridgehead atoms. The highest BCUT2D eigenvalue weighted by Gasteiger charge is 2.62. The Labute approximate surface area is 375 Å². The molecule has 1 aromatic heterocycles. The smallest absolute Gasteiger partial charge is 0.410 e. The Morgan fingerprint density at radius 1 is 0.953 bits per heavy atom. The van der Waals surface area contributed by atoms with Gasteiger partial charge >= 0.3 is 6.09 Å². The second-order valence-corrected chi connectivity index (χ2v) is 21.4. The second kappa shape index (κ2) is 17.7. The molecule has 4 aliphatic rings. The largest absolute Gasteiger partial charge is 0.497 e. The molecule has 1 unspecified atom stereocenters. The van der Waals surface area contributed by atoms with Crippen LogP contribution < -0.4 is 19.5 Å². The number of amides is 5. The Balaban J connectivity index is 1.17. The number of nitrogens with one attached hydrogen (secondary N) is 2. The average Bonchev–Trinajstić information content (AvgIpc) is 4.18. The van der Waals surface area contributed by atoms with Gasteiger partial charge in [0.2, 0.25) is 27.7 Å². The highest BCUT2D eigenvalue weighted by Crippen LogP contribution is 2.46. The van der Waals surface area contributed by atoms with Crippen LogP contribution in [0.1, 0.15) is 73.6 Å². The van der Waals surface area contributed by atoms with Crippen LogP contribution in [-0.2, 0) is 33.9 Å². The zero-order valence-electron chi connectivity index (χ0n) is 37.7. The molecular weight excluding hydrogens is 841 g/mol. The average molecular weight is 901 g/mol. The first kappa shape index (κ1) is 46.3. The van der Waals surface area contributed by atoms with E-state index >= 15 is 4.79 Å². The second-order valence-electron chi connectivity index (χ2n) is 19.4. The standard InChI is InChI=1S/C47H60N6O10S/c1-9-30-27-47(30,43(57)50-64(59,60)33-16-17-33)49-41(55)38-24-32(62-39-26-36(29-13-11-10-12-14-29)48-37-23-31(61-8)15-18-34(37)39)28-53(38)42(56)35(45(2,3)4)25-40(54)51-19-21-52(22-20-51)44(58)63-46(5,6)7/h9-15,18,23,26,30,32-33,35,38H,1,16-17,19-22,24-25,27-28H2,2-8H3,(H,49,55)(H,50,57)/t30?,32-,35-,38+,47-/m1/s1. The van der Waals surface area contributed by atoms with Crippen LogP contribution >= 0.6 is 0 Å². The lowest BCUT2D eigenvalue weighted by atomic mass is 9.77. The van der Waals surface area contributed by atoms with Crippen LogP contribution in [0, 0.1) is 17.3 Å². The molecule has 2 saturated heterocycles. The molecule has 344 valence electrons. The van der Waals surface area contributed by atoms with Crippen molar-refractivity contribution < 1.29 is 46.6 Å². The van der Waals surface area contributed by atoms with Crippen molar-refractivity contribution in [2.75, 3.05) is 39.8 Å². The molecule has 7 rings (SSSR count). The minimum absolute atomic E-state index is 0.0203. The Bertz CT molecular complexity index is 2420. The third-order valence-corrected chi connectivity index (χ3v) is 14.3. The number of pyridine rings is 1. The lowest BCUT2D eigenvalue weighted by Gasteiger charge is -2.38. The van der Waals surface area contributed by atoms with Crippen molar-refractivity contribution in [3.05, 3.63) is 67.3 Å². The van der Waals surface area contributed by atoms with Gasteiger partial charge in [0.25, 0.3) is 5.91 Å². The van der Waals surface area contributed by atoms with Gasteiger partial charge in [-0.1, -0.05) is 57.2 Å². The van der Waals surface area contributed by atoms with E-state index < -0.39 is 79.6 Å². The Kier molecular flexibility index (Phi) is 12.8. The van der Waals surface area contributed by atoms with Crippen LogP contribution in [0.4, 0.5) is 4.79 Å². The number of hydrogen-bond donors (Lipinski definition) is 2. The van der Waals surface area contributed by atoms with Crippen molar-refractivity contribution in [2.45, 2.75) is 102 Å². The lowest BCUT2D eigenvalue weighted by molar-refractivity contribution is -0.149. The highest BCUT2D eigenvalue weighted by molar-refractivity contribution is 7.91. The van der Waals surface area contributed by atoms with Gasteiger partial charge in [0.1, 0.15) is 34.8 Å². The van der Waals surface area contributed by atoms with Gasteiger partial charge in [-0.3, -0.25) is 23.9 Å². The maximum atomic E-state index is 15.1.